The molecule has 0 saturated carbocycles. The number of hydrogen-bond acceptors (Lipinski definition) is 4. The van der Waals surface area contributed by atoms with Gasteiger partial charge in [-0.3, -0.25) is 0 Å². The summed E-state index contributed by atoms with van der Waals surface area (Å²) < 4.78 is 15.8. The molecule has 0 radical (unpaired) electrons. The summed E-state index contributed by atoms with van der Waals surface area (Å²) in [6.45, 7) is 2.43. The third kappa shape index (κ3) is 3.35. The molecule has 0 bridgehead atoms. The Morgan fingerprint density at radius 3 is 2.74 bits per heavy atom. The van der Waals surface area contributed by atoms with Gasteiger partial charge in [-0.1, -0.05) is 37.3 Å². The molecule has 1 aromatic carbocycles. The number of esters is 1. The third-order valence-electron chi connectivity index (χ3n) is 3.21. The van der Waals surface area contributed by atoms with E-state index in [4.69, 9.17) is 14.2 Å². The summed E-state index contributed by atoms with van der Waals surface area (Å²) in [5.41, 5.74) is 1.10. The molecule has 19 heavy (non-hydrogen) atoms. The lowest BCUT2D eigenvalue weighted by atomic mass is 9.96. The molecule has 4 nitrogen and oxygen atoms in total. The van der Waals surface area contributed by atoms with E-state index in [2.05, 4.69) is 0 Å². The molecule has 0 aliphatic carbocycles. The average molecular weight is 262 g/mol. The van der Waals surface area contributed by atoms with Gasteiger partial charge in [0.25, 0.3) is 0 Å². The summed E-state index contributed by atoms with van der Waals surface area (Å²) in [6.07, 6.45) is 2.58. The first-order chi connectivity index (χ1) is 9.22. The maximum atomic E-state index is 11.6. The number of ether oxygens (including phenoxy) is 3. The van der Waals surface area contributed by atoms with E-state index >= 15 is 0 Å². The maximum absolute atomic E-state index is 11.6. The highest BCUT2D eigenvalue weighted by molar-refractivity contribution is 5.75. The van der Waals surface area contributed by atoms with Crippen LogP contribution in [0.15, 0.2) is 42.7 Å². The van der Waals surface area contributed by atoms with Crippen molar-refractivity contribution in [3.8, 4) is 0 Å². The van der Waals surface area contributed by atoms with Crippen molar-refractivity contribution in [2.45, 2.75) is 25.7 Å². The molecule has 1 heterocycles. The Labute approximate surface area is 113 Å². The quantitative estimate of drug-likeness (QED) is 0.781. The van der Waals surface area contributed by atoms with Gasteiger partial charge >= 0.3 is 5.97 Å². The molecular formula is C15H18O4. The predicted molar refractivity (Wildman–Crippen MR) is 70.2 cm³/mol. The minimum atomic E-state index is -0.601. The van der Waals surface area contributed by atoms with Gasteiger partial charge in [0.15, 0.2) is 6.10 Å². The number of benzene rings is 1. The van der Waals surface area contributed by atoms with Gasteiger partial charge in [0.05, 0.1) is 26.1 Å². The van der Waals surface area contributed by atoms with Crippen LogP contribution in [-0.2, 0) is 25.6 Å². The first-order valence-electron chi connectivity index (χ1n) is 6.28. The van der Waals surface area contributed by atoms with Gasteiger partial charge in [-0.15, -0.1) is 0 Å². The highest BCUT2D eigenvalue weighted by atomic mass is 16.6. The number of carbonyl (C=O) groups excluding carboxylic acids is 1. The van der Waals surface area contributed by atoms with E-state index < -0.39 is 6.10 Å². The predicted octanol–water partition coefficient (Wildman–Crippen LogP) is 2.29. The van der Waals surface area contributed by atoms with Crippen LogP contribution >= 0.6 is 0 Å². The lowest BCUT2D eigenvalue weighted by Gasteiger charge is -2.30. The zero-order valence-electron chi connectivity index (χ0n) is 11.1. The van der Waals surface area contributed by atoms with Crippen molar-refractivity contribution >= 4 is 5.97 Å². The van der Waals surface area contributed by atoms with Crippen molar-refractivity contribution in [1.29, 1.82) is 0 Å². The fourth-order valence-corrected chi connectivity index (χ4v) is 2.04. The first kappa shape index (κ1) is 13.6. The standard InChI is InChI=1S/C15H18O4/c1-11-13(8-9-18-14(11)15(16)17-2)19-10-12-6-4-3-5-7-12/h3-9,11,13-14H,10H2,1-2H3/t11-,13+,14?/m0/s1. The largest absolute Gasteiger partial charge is 0.486 e. The normalized spacial score (nSPS) is 25.7. The Kier molecular flexibility index (Phi) is 4.58. The number of carbonyl (C=O) groups is 1. The molecule has 0 spiro atoms. The molecule has 1 aliphatic rings. The molecule has 1 aliphatic heterocycles. The van der Waals surface area contributed by atoms with Crippen LogP contribution in [0.1, 0.15) is 12.5 Å². The van der Waals surface area contributed by atoms with Crippen molar-refractivity contribution in [3.63, 3.8) is 0 Å². The molecule has 0 saturated heterocycles. The third-order valence-corrected chi connectivity index (χ3v) is 3.21. The molecule has 0 aromatic heterocycles. The van der Waals surface area contributed by atoms with Gasteiger partial charge in [0, 0.05) is 5.92 Å². The molecular weight excluding hydrogens is 244 g/mol. The lowest BCUT2D eigenvalue weighted by Crippen LogP contribution is -2.40. The molecule has 0 fully saturated rings. The van der Waals surface area contributed by atoms with Gasteiger partial charge in [-0.25, -0.2) is 4.79 Å². The number of rotatable bonds is 4. The van der Waals surface area contributed by atoms with Gasteiger partial charge in [0.2, 0.25) is 0 Å². The topological polar surface area (TPSA) is 44.8 Å². The summed E-state index contributed by atoms with van der Waals surface area (Å²) in [6, 6.07) is 9.92. The Morgan fingerprint density at radius 1 is 1.32 bits per heavy atom. The van der Waals surface area contributed by atoms with Gasteiger partial charge < -0.3 is 14.2 Å². The molecule has 1 aromatic rings. The lowest BCUT2D eigenvalue weighted by molar-refractivity contribution is -0.158. The summed E-state index contributed by atoms with van der Waals surface area (Å²) in [7, 11) is 1.36. The molecule has 2 rings (SSSR count). The maximum Gasteiger partial charge on any atom is 0.347 e. The van der Waals surface area contributed by atoms with Crippen LogP contribution in [0.5, 0.6) is 0 Å². The van der Waals surface area contributed by atoms with E-state index in [1.807, 2.05) is 43.3 Å². The van der Waals surface area contributed by atoms with Gasteiger partial charge in [0.1, 0.15) is 0 Å². The molecule has 3 atom stereocenters. The zero-order chi connectivity index (χ0) is 13.7. The van der Waals surface area contributed by atoms with Gasteiger partial charge in [-0.2, -0.15) is 0 Å². The monoisotopic (exact) mass is 262 g/mol. The minimum Gasteiger partial charge on any atom is -0.486 e. The Balaban J connectivity index is 1.95. The van der Waals surface area contributed by atoms with E-state index in [1.165, 1.54) is 13.4 Å². The van der Waals surface area contributed by atoms with Crippen LogP contribution in [0.25, 0.3) is 0 Å². The average Bonchev–Trinajstić information content (AvgIpc) is 2.46. The zero-order valence-corrected chi connectivity index (χ0v) is 11.1. The van der Waals surface area contributed by atoms with E-state index in [-0.39, 0.29) is 18.0 Å². The van der Waals surface area contributed by atoms with Crippen molar-refractivity contribution in [2.75, 3.05) is 7.11 Å². The smallest absolute Gasteiger partial charge is 0.347 e. The highest BCUT2D eigenvalue weighted by Gasteiger charge is 2.35. The van der Waals surface area contributed by atoms with Crippen LogP contribution in [0.3, 0.4) is 0 Å². The van der Waals surface area contributed by atoms with E-state index in [9.17, 15) is 4.79 Å². The van der Waals surface area contributed by atoms with E-state index in [1.54, 1.807) is 0 Å². The van der Waals surface area contributed by atoms with Crippen LogP contribution in [0.2, 0.25) is 0 Å². The Bertz CT molecular complexity index is 441. The van der Waals surface area contributed by atoms with Crippen LogP contribution < -0.4 is 0 Å². The second kappa shape index (κ2) is 6.38. The molecule has 1 unspecified atom stereocenters. The van der Waals surface area contributed by atoms with Crippen molar-refractivity contribution in [3.05, 3.63) is 48.2 Å². The SMILES string of the molecule is COC(=O)C1OC=C[C@@H](OCc2ccccc2)[C@@H]1C. The summed E-state index contributed by atoms with van der Waals surface area (Å²) in [5, 5.41) is 0. The summed E-state index contributed by atoms with van der Waals surface area (Å²) >= 11 is 0. The Hall–Kier alpha value is -1.81. The van der Waals surface area contributed by atoms with Crippen molar-refractivity contribution < 1.29 is 19.0 Å². The Morgan fingerprint density at radius 2 is 2.05 bits per heavy atom. The highest BCUT2D eigenvalue weighted by Crippen LogP contribution is 2.23. The summed E-state index contributed by atoms with van der Waals surface area (Å²) in [4.78, 5) is 11.6. The minimum absolute atomic E-state index is 0.0823. The summed E-state index contributed by atoms with van der Waals surface area (Å²) in [5.74, 6) is -0.452. The molecule has 102 valence electrons. The second-order valence-corrected chi connectivity index (χ2v) is 4.53. The molecule has 0 N–H and O–H groups in total. The van der Waals surface area contributed by atoms with Crippen LogP contribution in [0, 0.1) is 5.92 Å². The molecule has 4 heteroatoms. The molecule has 0 amide bonds. The second-order valence-electron chi connectivity index (χ2n) is 4.53. The van der Waals surface area contributed by atoms with Crippen molar-refractivity contribution in [1.82, 2.24) is 0 Å². The number of methoxy groups -OCH3 is 1. The number of hydrogen-bond donors (Lipinski definition) is 0. The fraction of sp³-hybridized carbons (Fsp3) is 0.400. The van der Waals surface area contributed by atoms with Crippen LogP contribution in [0.4, 0.5) is 0 Å². The van der Waals surface area contributed by atoms with Crippen LogP contribution in [-0.4, -0.2) is 25.3 Å². The fourth-order valence-electron chi connectivity index (χ4n) is 2.04. The van der Waals surface area contributed by atoms with E-state index in [0.29, 0.717) is 6.61 Å². The van der Waals surface area contributed by atoms with Gasteiger partial charge in [-0.05, 0) is 11.6 Å². The first-order valence-corrected chi connectivity index (χ1v) is 6.28. The van der Waals surface area contributed by atoms with Crippen molar-refractivity contribution in [2.24, 2.45) is 5.92 Å². The van der Waals surface area contributed by atoms with E-state index in [0.717, 1.165) is 5.56 Å².